The minimum Gasteiger partial charge on any atom is -0.491 e. The Morgan fingerprint density at radius 1 is 1.27 bits per heavy atom. The third-order valence-corrected chi connectivity index (χ3v) is 5.58. The first-order valence-corrected chi connectivity index (χ1v) is 11.1. The van der Waals surface area contributed by atoms with E-state index in [-0.39, 0.29) is 42.0 Å². The highest BCUT2D eigenvalue weighted by molar-refractivity contribution is 14.0. The summed E-state index contributed by atoms with van der Waals surface area (Å²) >= 11 is 0. The normalized spacial score (nSPS) is 19.7. The fraction of sp³-hybridized carbons (Fsp3) is 0.652. The van der Waals surface area contributed by atoms with Crippen molar-refractivity contribution in [3.63, 3.8) is 0 Å². The van der Waals surface area contributed by atoms with Crippen molar-refractivity contribution in [1.82, 2.24) is 15.5 Å². The highest BCUT2D eigenvalue weighted by Crippen LogP contribution is 2.27. The Bertz CT molecular complexity index is 704. The molecule has 1 aromatic rings. The van der Waals surface area contributed by atoms with Crippen LogP contribution in [0.2, 0.25) is 0 Å². The number of carbonyl (C=O) groups is 1. The standard InChI is InChI=1S/C23H36N4O2.HI/c1-4-24-23(25-15-18-8-7-11-21(14-18)29-17(2)3)26-20-12-13-27(16-20)22(28)19-9-5-6-10-19;/h7-8,11,14,17,19-20H,4-6,9-10,12-13,15-16H2,1-3H3,(H2,24,25,26);1H. The molecule has 1 heterocycles. The summed E-state index contributed by atoms with van der Waals surface area (Å²) in [5, 5.41) is 6.85. The number of likely N-dealkylation sites (tertiary alicyclic amines) is 1. The number of guanidine groups is 1. The average Bonchev–Trinajstić information content (AvgIpc) is 3.38. The van der Waals surface area contributed by atoms with Crippen LogP contribution >= 0.6 is 24.0 Å². The topological polar surface area (TPSA) is 66.0 Å². The van der Waals surface area contributed by atoms with Gasteiger partial charge in [-0.1, -0.05) is 25.0 Å². The van der Waals surface area contributed by atoms with Gasteiger partial charge in [-0.25, -0.2) is 4.99 Å². The first-order chi connectivity index (χ1) is 14.0. The van der Waals surface area contributed by atoms with Gasteiger partial charge in [-0.05, 0) is 57.7 Å². The van der Waals surface area contributed by atoms with Crippen LogP contribution in [0, 0.1) is 5.92 Å². The minimum atomic E-state index is 0. The number of ether oxygens (including phenoxy) is 1. The maximum Gasteiger partial charge on any atom is 0.225 e. The predicted octanol–water partition coefficient (Wildman–Crippen LogP) is 3.94. The van der Waals surface area contributed by atoms with Crippen LogP contribution in [0.15, 0.2) is 29.3 Å². The second-order valence-electron chi connectivity index (χ2n) is 8.40. The van der Waals surface area contributed by atoms with E-state index in [1.165, 1.54) is 12.8 Å². The molecule has 2 N–H and O–H groups in total. The number of carbonyl (C=O) groups excluding carboxylic acids is 1. The highest BCUT2D eigenvalue weighted by atomic mass is 127. The van der Waals surface area contributed by atoms with Crippen LogP contribution in [0.25, 0.3) is 0 Å². The molecule has 1 amide bonds. The molecule has 3 rings (SSSR count). The maximum absolute atomic E-state index is 12.7. The van der Waals surface area contributed by atoms with Gasteiger partial charge in [0, 0.05) is 31.6 Å². The molecule has 1 unspecified atom stereocenters. The molecule has 6 nitrogen and oxygen atoms in total. The number of benzene rings is 1. The lowest BCUT2D eigenvalue weighted by Gasteiger charge is -2.21. The third kappa shape index (κ3) is 7.32. The SMILES string of the molecule is CCNC(=NCc1cccc(OC(C)C)c1)NC1CCN(C(=O)C2CCCC2)C1.I. The number of amides is 1. The van der Waals surface area contributed by atoms with Gasteiger partial charge in [0.25, 0.3) is 0 Å². The first-order valence-electron chi connectivity index (χ1n) is 11.1. The van der Waals surface area contributed by atoms with E-state index in [0.29, 0.717) is 12.5 Å². The van der Waals surface area contributed by atoms with E-state index in [2.05, 4.69) is 23.6 Å². The smallest absolute Gasteiger partial charge is 0.225 e. The lowest BCUT2D eigenvalue weighted by atomic mass is 10.1. The van der Waals surface area contributed by atoms with E-state index in [1.54, 1.807) is 0 Å². The zero-order chi connectivity index (χ0) is 20.6. The number of aliphatic imine (C=N–C) groups is 1. The van der Waals surface area contributed by atoms with Crippen molar-refractivity contribution in [3.05, 3.63) is 29.8 Å². The fourth-order valence-electron chi connectivity index (χ4n) is 4.18. The molecule has 1 saturated heterocycles. The monoisotopic (exact) mass is 528 g/mol. The summed E-state index contributed by atoms with van der Waals surface area (Å²) < 4.78 is 5.78. The van der Waals surface area contributed by atoms with Gasteiger partial charge < -0.3 is 20.3 Å². The molecule has 0 bridgehead atoms. The van der Waals surface area contributed by atoms with Crippen molar-refractivity contribution >= 4 is 35.8 Å². The Balaban J connectivity index is 0.00000320. The molecular weight excluding hydrogens is 491 g/mol. The second-order valence-corrected chi connectivity index (χ2v) is 8.40. The molecule has 7 heteroatoms. The Kier molecular flexibility index (Phi) is 10.2. The fourth-order valence-corrected chi connectivity index (χ4v) is 4.18. The quantitative estimate of drug-likeness (QED) is 0.320. The Morgan fingerprint density at radius 2 is 2.03 bits per heavy atom. The zero-order valence-electron chi connectivity index (χ0n) is 18.5. The number of halogens is 1. The van der Waals surface area contributed by atoms with E-state index in [9.17, 15) is 4.79 Å². The first kappa shape index (κ1) is 24.8. The van der Waals surface area contributed by atoms with Crippen molar-refractivity contribution < 1.29 is 9.53 Å². The Morgan fingerprint density at radius 3 is 2.73 bits per heavy atom. The van der Waals surface area contributed by atoms with Gasteiger partial charge in [-0.3, -0.25) is 4.79 Å². The van der Waals surface area contributed by atoms with Crippen molar-refractivity contribution in [2.75, 3.05) is 19.6 Å². The third-order valence-electron chi connectivity index (χ3n) is 5.58. The highest BCUT2D eigenvalue weighted by Gasteiger charge is 2.32. The molecule has 30 heavy (non-hydrogen) atoms. The summed E-state index contributed by atoms with van der Waals surface area (Å²) in [6, 6.07) is 8.36. The van der Waals surface area contributed by atoms with Gasteiger partial charge >= 0.3 is 0 Å². The molecule has 2 fully saturated rings. The van der Waals surface area contributed by atoms with Crippen LogP contribution in [-0.2, 0) is 11.3 Å². The van der Waals surface area contributed by atoms with E-state index in [1.807, 2.05) is 36.9 Å². The number of nitrogens with zero attached hydrogens (tertiary/aromatic N) is 2. The van der Waals surface area contributed by atoms with Gasteiger partial charge in [-0.15, -0.1) is 24.0 Å². The van der Waals surface area contributed by atoms with Crippen molar-refractivity contribution in [2.45, 2.75) is 71.6 Å². The summed E-state index contributed by atoms with van der Waals surface area (Å²) in [5.74, 6) is 2.30. The van der Waals surface area contributed by atoms with E-state index < -0.39 is 0 Å². The van der Waals surface area contributed by atoms with E-state index >= 15 is 0 Å². The van der Waals surface area contributed by atoms with E-state index in [4.69, 9.17) is 9.73 Å². The lowest BCUT2D eigenvalue weighted by molar-refractivity contribution is -0.134. The second kappa shape index (κ2) is 12.4. The molecule has 0 spiro atoms. The Hall–Kier alpha value is -1.51. The number of hydrogen-bond donors (Lipinski definition) is 2. The summed E-state index contributed by atoms with van der Waals surface area (Å²) in [6.07, 6.45) is 5.67. The maximum atomic E-state index is 12.7. The molecule has 1 aromatic carbocycles. The molecule has 0 aromatic heterocycles. The molecule has 168 valence electrons. The lowest BCUT2D eigenvalue weighted by Crippen LogP contribution is -2.45. The average molecular weight is 528 g/mol. The van der Waals surface area contributed by atoms with Crippen molar-refractivity contribution in [2.24, 2.45) is 10.9 Å². The van der Waals surface area contributed by atoms with Crippen LogP contribution in [0.3, 0.4) is 0 Å². The van der Waals surface area contributed by atoms with Crippen LogP contribution in [0.5, 0.6) is 5.75 Å². The van der Waals surface area contributed by atoms with E-state index in [0.717, 1.165) is 56.2 Å². The largest absolute Gasteiger partial charge is 0.491 e. The summed E-state index contributed by atoms with van der Waals surface area (Å²) in [4.78, 5) is 19.5. The van der Waals surface area contributed by atoms with Gasteiger partial charge in [0.15, 0.2) is 5.96 Å². The molecular formula is C23H37IN4O2. The summed E-state index contributed by atoms with van der Waals surface area (Å²) in [7, 11) is 0. The Labute approximate surface area is 198 Å². The van der Waals surface area contributed by atoms with Crippen molar-refractivity contribution in [1.29, 1.82) is 0 Å². The number of rotatable bonds is 7. The predicted molar refractivity (Wildman–Crippen MR) is 133 cm³/mol. The molecule has 1 aliphatic heterocycles. The molecule has 1 aliphatic carbocycles. The van der Waals surface area contributed by atoms with Crippen LogP contribution in [-0.4, -0.2) is 48.5 Å². The zero-order valence-corrected chi connectivity index (χ0v) is 20.9. The minimum absolute atomic E-state index is 0. The molecule has 1 atom stereocenters. The van der Waals surface area contributed by atoms with Crippen LogP contribution in [0.4, 0.5) is 0 Å². The van der Waals surface area contributed by atoms with Gasteiger partial charge in [0.05, 0.1) is 12.6 Å². The molecule has 0 radical (unpaired) electrons. The summed E-state index contributed by atoms with van der Waals surface area (Å²) in [6.45, 7) is 9.14. The van der Waals surface area contributed by atoms with Crippen LogP contribution < -0.4 is 15.4 Å². The van der Waals surface area contributed by atoms with Gasteiger partial charge in [0.1, 0.15) is 5.75 Å². The van der Waals surface area contributed by atoms with Crippen molar-refractivity contribution in [3.8, 4) is 5.75 Å². The van der Waals surface area contributed by atoms with Crippen LogP contribution in [0.1, 0.15) is 58.4 Å². The van der Waals surface area contributed by atoms with Gasteiger partial charge in [0.2, 0.25) is 5.91 Å². The van der Waals surface area contributed by atoms with Gasteiger partial charge in [-0.2, -0.15) is 0 Å². The molecule has 2 aliphatic rings. The summed E-state index contributed by atoms with van der Waals surface area (Å²) in [5.41, 5.74) is 1.12. The molecule has 1 saturated carbocycles. The number of hydrogen-bond acceptors (Lipinski definition) is 3. The number of nitrogens with one attached hydrogen (secondary N) is 2.